The maximum absolute atomic E-state index is 10.9. The second-order valence-electron chi connectivity index (χ2n) is 5.41. The number of imidazole rings is 1. The number of hydrogen-bond donors (Lipinski definition) is 1. The molecule has 2 heterocycles. The second-order valence-corrected chi connectivity index (χ2v) is 5.41. The number of nitrogens with zero attached hydrogens (tertiary/aromatic N) is 3. The highest BCUT2D eigenvalue weighted by Gasteiger charge is 2.26. The van der Waals surface area contributed by atoms with Gasteiger partial charge >= 0.3 is 0 Å². The molecule has 0 bridgehead atoms. The number of aryl methyl sites for hydroxylation is 1. The number of rotatable bonds is 3. The van der Waals surface area contributed by atoms with Crippen molar-refractivity contribution in [2.45, 2.75) is 32.2 Å². The Bertz CT molecular complexity index is 639. The predicted molar refractivity (Wildman–Crippen MR) is 80.4 cm³/mol. The predicted octanol–water partition coefficient (Wildman–Crippen LogP) is 3.36. The highest BCUT2D eigenvalue weighted by atomic mass is 16.6. The van der Waals surface area contributed by atoms with E-state index >= 15 is 0 Å². The second kappa shape index (κ2) is 5.55. The van der Waals surface area contributed by atoms with Crippen LogP contribution in [-0.4, -0.2) is 21.4 Å². The van der Waals surface area contributed by atoms with Crippen LogP contribution in [0.15, 0.2) is 30.6 Å². The van der Waals surface area contributed by atoms with E-state index in [1.54, 1.807) is 19.2 Å². The van der Waals surface area contributed by atoms with Crippen LogP contribution in [-0.2, 0) is 0 Å². The van der Waals surface area contributed by atoms with Crippen LogP contribution in [0, 0.1) is 17.0 Å². The van der Waals surface area contributed by atoms with Gasteiger partial charge in [0.25, 0.3) is 5.69 Å². The van der Waals surface area contributed by atoms with Crippen molar-refractivity contribution in [3.8, 4) is 0 Å². The summed E-state index contributed by atoms with van der Waals surface area (Å²) in [5.41, 5.74) is 1.89. The quantitative estimate of drug-likeness (QED) is 0.693. The van der Waals surface area contributed by atoms with E-state index in [9.17, 15) is 10.1 Å². The molecule has 6 nitrogen and oxygen atoms in total. The van der Waals surface area contributed by atoms with Gasteiger partial charge in [-0.3, -0.25) is 10.1 Å². The van der Waals surface area contributed by atoms with Gasteiger partial charge in [-0.05, 0) is 38.3 Å². The van der Waals surface area contributed by atoms with Crippen molar-refractivity contribution in [1.82, 2.24) is 9.97 Å². The zero-order chi connectivity index (χ0) is 14.8. The summed E-state index contributed by atoms with van der Waals surface area (Å²) in [6, 6.07) is 5.55. The molecule has 3 rings (SSSR count). The van der Waals surface area contributed by atoms with E-state index in [1.807, 2.05) is 18.3 Å². The number of nitro benzene ring substituents is 1. The van der Waals surface area contributed by atoms with Gasteiger partial charge in [-0.1, -0.05) is 0 Å². The Morgan fingerprint density at radius 1 is 1.43 bits per heavy atom. The minimum atomic E-state index is -0.334. The van der Waals surface area contributed by atoms with Crippen molar-refractivity contribution in [3.63, 3.8) is 0 Å². The Morgan fingerprint density at radius 2 is 2.29 bits per heavy atom. The summed E-state index contributed by atoms with van der Waals surface area (Å²) in [5, 5.41) is 10.9. The number of aromatic nitrogens is 2. The van der Waals surface area contributed by atoms with Gasteiger partial charge in [-0.2, -0.15) is 0 Å². The van der Waals surface area contributed by atoms with Crippen LogP contribution in [0.4, 0.5) is 11.4 Å². The number of hydrogen-bond acceptors (Lipinski definition) is 4. The molecule has 1 saturated heterocycles. The first-order chi connectivity index (χ1) is 10.2. The third kappa shape index (κ3) is 2.61. The Hall–Kier alpha value is -2.37. The minimum Gasteiger partial charge on any atom is -0.361 e. The first-order valence-electron chi connectivity index (χ1n) is 7.18. The van der Waals surface area contributed by atoms with Gasteiger partial charge in [-0.25, -0.2) is 4.98 Å². The molecule has 0 spiro atoms. The number of anilines is 1. The number of nitro groups is 1. The third-order valence-electron chi connectivity index (χ3n) is 4.05. The lowest BCUT2D eigenvalue weighted by molar-refractivity contribution is -0.385. The fraction of sp³-hybridized carbons (Fsp3) is 0.400. The molecule has 1 aromatic carbocycles. The van der Waals surface area contributed by atoms with Gasteiger partial charge in [-0.15, -0.1) is 0 Å². The number of piperidine rings is 1. The van der Waals surface area contributed by atoms with Crippen molar-refractivity contribution in [2.75, 3.05) is 11.4 Å². The molecule has 0 amide bonds. The molecule has 0 saturated carbocycles. The van der Waals surface area contributed by atoms with Crippen LogP contribution in [0.1, 0.15) is 36.7 Å². The number of nitrogens with one attached hydrogen (secondary N) is 1. The molecule has 1 N–H and O–H groups in total. The van der Waals surface area contributed by atoms with Gasteiger partial charge < -0.3 is 9.88 Å². The largest absolute Gasteiger partial charge is 0.361 e. The summed E-state index contributed by atoms with van der Waals surface area (Å²) in [5.74, 6) is 0.964. The minimum absolute atomic E-state index is 0.172. The van der Waals surface area contributed by atoms with Crippen molar-refractivity contribution < 1.29 is 4.92 Å². The summed E-state index contributed by atoms with van der Waals surface area (Å²) in [7, 11) is 0. The van der Waals surface area contributed by atoms with Crippen molar-refractivity contribution >= 4 is 11.4 Å². The van der Waals surface area contributed by atoms with E-state index in [2.05, 4.69) is 14.9 Å². The SMILES string of the molecule is Cc1cc(N2CCCCC2c2ncc[nH]2)ccc1[N+](=O)[O-]. The maximum atomic E-state index is 10.9. The van der Waals surface area contributed by atoms with E-state index in [-0.39, 0.29) is 16.7 Å². The fourth-order valence-corrected chi connectivity index (χ4v) is 3.01. The van der Waals surface area contributed by atoms with Crippen LogP contribution in [0.5, 0.6) is 0 Å². The Labute approximate surface area is 123 Å². The smallest absolute Gasteiger partial charge is 0.272 e. The number of benzene rings is 1. The van der Waals surface area contributed by atoms with E-state index in [4.69, 9.17) is 0 Å². The van der Waals surface area contributed by atoms with Crippen molar-refractivity contribution in [2.24, 2.45) is 0 Å². The number of aromatic amines is 1. The zero-order valence-corrected chi connectivity index (χ0v) is 12.0. The molecule has 1 aliphatic rings. The molecule has 1 atom stereocenters. The molecule has 110 valence electrons. The lowest BCUT2D eigenvalue weighted by atomic mass is 10.00. The van der Waals surface area contributed by atoms with Gasteiger partial charge in [0.2, 0.25) is 0 Å². The van der Waals surface area contributed by atoms with Crippen LogP contribution >= 0.6 is 0 Å². The van der Waals surface area contributed by atoms with E-state index in [1.165, 1.54) is 6.42 Å². The molecular formula is C15H18N4O2. The van der Waals surface area contributed by atoms with Gasteiger partial charge in [0.1, 0.15) is 5.82 Å². The summed E-state index contributed by atoms with van der Waals surface area (Å²) in [4.78, 5) is 20.5. The topological polar surface area (TPSA) is 75.1 Å². The average molecular weight is 286 g/mol. The normalized spacial score (nSPS) is 18.7. The molecule has 21 heavy (non-hydrogen) atoms. The highest BCUT2D eigenvalue weighted by Crippen LogP contribution is 2.35. The summed E-state index contributed by atoms with van der Waals surface area (Å²) < 4.78 is 0. The first-order valence-corrected chi connectivity index (χ1v) is 7.18. The van der Waals surface area contributed by atoms with Crippen LogP contribution in [0.3, 0.4) is 0 Å². The molecule has 1 fully saturated rings. The van der Waals surface area contributed by atoms with Crippen LogP contribution in [0.25, 0.3) is 0 Å². The third-order valence-corrected chi connectivity index (χ3v) is 4.05. The summed E-state index contributed by atoms with van der Waals surface area (Å²) in [6.07, 6.45) is 6.96. The summed E-state index contributed by atoms with van der Waals surface area (Å²) >= 11 is 0. The molecular weight excluding hydrogens is 268 g/mol. The summed E-state index contributed by atoms with van der Waals surface area (Å²) in [6.45, 7) is 2.73. The van der Waals surface area contributed by atoms with Crippen LogP contribution < -0.4 is 4.90 Å². The van der Waals surface area contributed by atoms with Crippen molar-refractivity contribution in [1.29, 1.82) is 0 Å². The van der Waals surface area contributed by atoms with E-state index < -0.39 is 0 Å². The standard InChI is InChI=1S/C15H18N4O2/c1-11-10-12(5-6-13(11)19(20)21)18-9-3-2-4-14(18)15-16-7-8-17-15/h5-8,10,14H,2-4,9H2,1H3,(H,16,17). The lowest BCUT2D eigenvalue weighted by Crippen LogP contribution is -2.34. The highest BCUT2D eigenvalue weighted by molar-refractivity contribution is 5.56. The Kier molecular flexibility index (Phi) is 3.60. The van der Waals surface area contributed by atoms with Gasteiger partial charge in [0, 0.05) is 36.3 Å². The van der Waals surface area contributed by atoms with E-state index in [0.717, 1.165) is 30.9 Å². The Morgan fingerprint density at radius 3 is 2.95 bits per heavy atom. The maximum Gasteiger partial charge on any atom is 0.272 e. The number of H-pyrrole nitrogens is 1. The molecule has 6 heteroatoms. The molecule has 1 unspecified atom stereocenters. The molecule has 0 aliphatic carbocycles. The molecule has 2 aromatic rings. The fourth-order valence-electron chi connectivity index (χ4n) is 3.01. The van der Waals surface area contributed by atoms with Gasteiger partial charge in [0.05, 0.1) is 11.0 Å². The lowest BCUT2D eigenvalue weighted by Gasteiger charge is -2.36. The molecule has 1 aliphatic heterocycles. The van der Waals surface area contributed by atoms with Crippen molar-refractivity contribution in [3.05, 3.63) is 52.1 Å². The molecule has 0 radical (unpaired) electrons. The van der Waals surface area contributed by atoms with Gasteiger partial charge in [0.15, 0.2) is 0 Å². The molecule has 1 aromatic heterocycles. The average Bonchev–Trinajstić information content (AvgIpc) is 3.01. The van der Waals surface area contributed by atoms with Crippen LogP contribution in [0.2, 0.25) is 0 Å². The zero-order valence-electron chi connectivity index (χ0n) is 12.0. The van der Waals surface area contributed by atoms with E-state index in [0.29, 0.717) is 5.56 Å². The Balaban J connectivity index is 1.93. The monoisotopic (exact) mass is 286 g/mol. The first kappa shape index (κ1) is 13.6.